The molecule has 0 unspecified atom stereocenters. The van der Waals surface area contributed by atoms with E-state index >= 15 is 0 Å². The summed E-state index contributed by atoms with van der Waals surface area (Å²) in [5.41, 5.74) is 3.92. The fourth-order valence-electron chi connectivity index (χ4n) is 5.88. The van der Waals surface area contributed by atoms with E-state index in [0.29, 0.717) is 35.0 Å². The third-order valence-corrected chi connectivity index (χ3v) is 8.46. The summed E-state index contributed by atoms with van der Waals surface area (Å²) in [6, 6.07) is 20.9. The summed E-state index contributed by atoms with van der Waals surface area (Å²) in [6.07, 6.45) is 0.865. The van der Waals surface area contributed by atoms with E-state index in [1.54, 1.807) is 25.7 Å². The van der Waals surface area contributed by atoms with Gasteiger partial charge in [0.15, 0.2) is 5.78 Å². The van der Waals surface area contributed by atoms with Gasteiger partial charge in [-0.05, 0) is 67.8 Å². The van der Waals surface area contributed by atoms with Crippen molar-refractivity contribution in [1.82, 2.24) is 4.57 Å². The number of halogens is 1. The van der Waals surface area contributed by atoms with Crippen molar-refractivity contribution in [3.8, 4) is 5.75 Å². The van der Waals surface area contributed by atoms with Crippen molar-refractivity contribution in [2.24, 2.45) is 11.3 Å². The third kappa shape index (κ3) is 6.04. The van der Waals surface area contributed by atoms with Crippen LogP contribution in [0.15, 0.2) is 66.7 Å². The number of nitrogens with zero attached hydrogens (tertiary/aromatic N) is 2. The molecule has 224 valence electrons. The largest absolute Gasteiger partial charge is 0.491 e. The second-order valence-corrected chi connectivity index (χ2v) is 12.7. The molecule has 5 rings (SSSR count). The summed E-state index contributed by atoms with van der Waals surface area (Å²) in [5, 5.41) is 11.4. The van der Waals surface area contributed by atoms with Gasteiger partial charge in [0.1, 0.15) is 12.4 Å². The highest BCUT2D eigenvalue weighted by atomic mass is 35.5. The van der Waals surface area contributed by atoms with Crippen LogP contribution < -0.4 is 9.64 Å². The number of anilines is 1. The second-order valence-electron chi connectivity index (χ2n) is 12.3. The molecule has 1 atom stereocenters. The topological polar surface area (TPSA) is 88.8 Å². The van der Waals surface area contributed by atoms with E-state index in [0.717, 1.165) is 27.7 Å². The van der Waals surface area contributed by atoms with Crippen LogP contribution in [0, 0.1) is 11.3 Å². The number of carbonyl (C=O) groups excluding carboxylic acids is 2. The zero-order chi connectivity index (χ0) is 31.1. The first kappa shape index (κ1) is 30.4. The number of benzene rings is 3. The molecule has 7 nitrogen and oxygen atoms in total. The Kier molecular flexibility index (Phi) is 8.39. The third-order valence-electron chi connectivity index (χ3n) is 8.21. The summed E-state index contributed by atoms with van der Waals surface area (Å²) in [6.45, 7) is 9.36. The zero-order valence-electron chi connectivity index (χ0n) is 25.2. The fraction of sp³-hybridized carbons (Fsp3) is 0.343. The maximum absolute atomic E-state index is 13.8. The number of hydrogen-bond donors (Lipinski definition) is 1. The molecule has 0 bridgehead atoms. The molecule has 2 heterocycles. The Hall–Kier alpha value is -4.10. The molecule has 8 heteroatoms. The lowest BCUT2D eigenvalue weighted by atomic mass is 9.85. The van der Waals surface area contributed by atoms with Crippen molar-refractivity contribution in [2.45, 2.75) is 60.0 Å². The number of rotatable bonds is 10. The van der Waals surface area contributed by atoms with Crippen molar-refractivity contribution in [3.63, 3.8) is 0 Å². The molecule has 1 N–H and O–H groups in total. The number of ketones is 1. The maximum Gasteiger partial charge on any atom is 0.309 e. The average molecular weight is 601 g/mol. The Bertz CT molecular complexity index is 1700. The van der Waals surface area contributed by atoms with Crippen LogP contribution in [-0.2, 0) is 29.0 Å². The molecular formula is C35H37ClN2O5. The highest BCUT2D eigenvalue weighted by molar-refractivity contribution is 6.30. The zero-order valence-corrected chi connectivity index (χ0v) is 25.9. The van der Waals surface area contributed by atoms with Crippen LogP contribution in [0.4, 0.5) is 5.69 Å². The predicted octanol–water partition coefficient (Wildman–Crippen LogP) is 7.19. The number of hydrogen-bond acceptors (Lipinski definition) is 4. The van der Waals surface area contributed by atoms with Crippen molar-refractivity contribution in [1.29, 1.82) is 0 Å². The summed E-state index contributed by atoms with van der Waals surface area (Å²) in [7, 11) is 0. The van der Waals surface area contributed by atoms with E-state index < -0.39 is 11.4 Å². The first-order valence-corrected chi connectivity index (χ1v) is 14.9. The van der Waals surface area contributed by atoms with Crippen LogP contribution in [-0.4, -0.2) is 40.0 Å². The molecule has 0 spiro atoms. The van der Waals surface area contributed by atoms with Gasteiger partial charge in [-0.3, -0.25) is 14.4 Å². The molecular weight excluding hydrogens is 564 g/mol. The van der Waals surface area contributed by atoms with E-state index in [4.69, 9.17) is 16.3 Å². The maximum atomic E-state index is 13.8. The molecule has 1 amide bonds. The van der Waals surface area contributed by atoms with E-state index in [-0.39, 0.29) is 36.7 Å². The molecule has 0 fully saturated rings. The quantitative estimate of drug-likeness (QED) is 0.195. The SMILES string of the molecule is CC(=O)N1c2ccccc2C[C@H]1COc1ccc2c(c1)c(C(=O)C(C)C)c(CC(C)(C)C(=O)O)n2Cc1ccc(Cl)cc1. The lowest BCUT2D eigenvalue weighted by Crippen LogP contribution is -2.40. The lowest BCUT2D eigenvalue weighted by Gasteiger charge is -2.24. The van der Waals surface area contributed by atoms with Crippen molar-refractivity contribution in [3.05, 3.63) is 94.1 Å². The summed E-state index contributed by atoms with van der Waals surface area (Å²) < 4.78 is 8.35. The van der Waals surface area contributed by atoms with Gasteiger partial charge in [0, 0.05) is 58.7 Å². The molecule has 0 aliphatic carbocycles. The van der Waals surface area contributed by atoms with Gasteiger partial charge in [-0.25, -0.2) is 0 Å². The van der Waals surface area contributed by atoms with Crippen molar-refractivity contribution in [2.75, 3.05) is 11.5 Å². The smallest absolute Gasteiger partial charge is 0.309 e. The first-order valence-electron chi connectivity index (χ1n) is 14.5. The minimum Gasteiger partial charge on any atom is -0.491 e. The van der Waals surface area contributed by atoms with Crippen molar-refractivity contribution >= 4 is 45.9 Å². The minimum atomic E-state index is -1.11. The Morgan fingerprint density at radius 1 is 1.05 bits per heavy atom. The van der Waals surface area contributed by atoms with Crippen LogP contribution >= 0.6 is 11.6 Å². The molecule has 1 aliphatic rings. The van der Waals surface area contributed by atoms with E-state index in [9.17, 15) is 19.5 Å². The van der Waals surface area contributed by atoms with Gasteiger partial charge < -0.3 is 19.3 Å². The van der Waals surface area contributed by atoms with Crippen molar-refractivity contribution < 1.29 is 24.2 Å². The number of ether oxygens (including phenoxy) is 1. The van der Waals surface area contributed by atoms with Gasteiger partial charge in [-0.1, -0.05) is 55.8 Å². The molecule has 1 aliphatic heterocycles. The summed E-state index contributed by atoms with van der Waals surface area (Å²) >= 11 is 6.14. The highest BCUT2D eigenvalue weighted by Crippen LogP contribution is 2.37. The van der Waals surface area contributed by atoms with Gasteiger partial charge in [-0.15, -0.1) is 0 Å². The predicted molar refractivity (Wildman–Crippen MR) is 169 cm³/mol. The van der Waals surface area contributed by atoms with E-state index in [2.05, 4.69) is 0 Å². The molecule has 0 saturated heterocycles. The van der Waals surface area contributed by atoms with Gasteiger partial charge in [0.2, 0.25) is 5.91 Å². The monoisotopic (exact) mass is 600 g/mol. The number of Topliss-reactive ketones (excluding diaryl/α,β-unsaturated/α-hetero) is 1. The normalized spacial score (nSPS) is 14.8. The Morgan fingerprint density at radius 2 is 1.74 bits per heavy atom. The molecule has 43 heavy (non-hydrogen) atoms. The Morgan fingerprint density at radius 3 is 2.40 bits per heavy atom. The number of para-hydroxylation sites is 1. The molecule has 1 aromatic heterocycles. The number of aliphatic carboxylic acids is 1. The lowest BCUT2D eigenvalue weighted by molar-refractivity contribution is -0.146. The van der Waals surface area contributed by atoms with Crippen LogP contribution in [0.2, 0.25) is 5.02 Å². The van der Waals surface area contributed by atoms with Gasteiger partial charge in [0.05, 0.1) is 11.5 Å². The highest BCUT2D eigenvalue weighted by Gasteiger charge is 2.34. The molecule has 4 aromatic rings. The number of amides is 1. The Balaban J connectivity index is 1.57. The average Bonchev–Trinajstić information content (AvgIpc) is 3.47. The Labute approximate surface area is 257 Å². The number of carboxylic acid groups (broad SMARTS) is 1. The van der Waals surface area contributed by atoms with Gasteiger partial charge in [-0.2, -0.15) is 0 Å². The van der Waals surface area contributed by atoms with E-state index in [1.807, 2.05) is 85.1 Å². The van der Waals surface area contributed by atoms with Gasteiger partial charge in [0.25, 0.3) is 0 Å². The number of carbonyl (C=O) groups is 3. The number of aromatic nitrogens is 1. The first-order chi connectivity index (χ1) is 20.4. The number of carboxylic acids is 1. The standard InChI is InChI=1S/C35H37ClN2O5/c1-21(2)33(40)32-28-17-27(43-20-26-16-24-8-6-7-9-29(24)38(26)22(3)39)14-15-30(28)37(19-23-10-12-25(36)13-11-23)31(32)18-35(4,5)34(41)42/h6-15,17,21,26H,16,18-20H2,1-5H3,(H,41,42)/t26-/m0/s1. The van der Waals surface area contributed by atoms with Crippen LogP contribution in [0.1, 0.15) is 61.8 Å². The molecule has 0 radical (unpaired) electrons. The molecule has 0 saturated carbocycles. The minimum absolute atomic E-state index is 0.0382. The fourth-order valence-corrected chi connectivity index (χ4v) is 6.01. The van der Waals surface area contributed by atoms with Gasteiger partial charge >= 0.3 is 5.97 Å². The van der Waals surface area contributed by atoms with E-state index in [1.165, 1.54) is 0 Å². The number of fused-ring (bicyclic) bond motifs is 2. The summed E-state index contributed by atoms with van der Waals surface area (Å²) in [4.78, 5) is 40.4. The van der Waals surface area contributed by atoms with Crippen LogP contribution in [0.3, 0.4) is 0 Å². The van der Waals surface area contributed by atoms with Crippen LogP contribution in [0.25, 0.3) is 10.9 Å². The molecule has 3 aromatic carbocycles. The second kappa shape index (κ2) is 11.9. The van der Waals surface area contributed by atoms with Crippen LogP contribution in [0.5, 0.6) is 5.75 Å². The summed E-state index contributed by atoms with van der Waals surface area (Å²) in [5.74, 6) is -0.745.